The Bertz CT molecular complexity index is 748. The highest BCUT2D eigenvalue weighted by atomic mass is 16.5. The molecule has 0 radical (unpaired) electrons. The molecule has 0 bridgehead atoms. The molecule has 1 amide bonds. The van der Waals surface area contributed by atoms with Crippen LogP contribution in [0.2, 0.25) is 0 Å². The lowest BCUT2D eigenvalue weighted by Crippen LogP contribution is -2.32. The molecule has 25 heavy (non-hydrogen) atoms. The quantitative estimate of drug-likeness (QED) is 0.837. The standard InChI is InChI=1S/C17H24N6O2/c1-21-10-14(19-20-21)13-9-22(11-16(13)25-2)17(24)15-7-8-18-23(15)12-5-3-4-6-12/h7-8,10,12-13,16H,3-6,9,11H2,1-2H3/t13-,16+/m0/s1. The van der Waals surface area contributed by atoms with Crippen molar-refractivity contribution in [3.8, 4) is 0 Å². The van der Waals surface area contributed by atoms with E-state index in [1.54, 1.807) is 18.0 Å². The van der Waals surface area contributed by atoms with E-state index in [9.17, 15) is 4.79 Å². The molecule has 2 aromatic heterocycles. The molecule has 134 valence electrons. The largest absolute Gasteiger partial charge is 0.379 e. The summed E-state index contributed by atoms with van der Waals surface area (Å²) < 4.78 is 9.23. The van der Waals surface area contributed by atoms with Crippen molar-refractivity contribution in [2.75, 3.05) is 20.2 Å². The normalized spacial score (nSPS) is 24.3. The number of amides is 1. The molecule has 0 aromatic carbocycles. The minimum atomic E-state index is -0.0662. The molecule has 2 atom stereocenters. The highest BCUT2D eigenvalue weighted by Crippen LogP contribution is 2.32. The number of rotatable bonds is 4. The van der Waals surface area contributed by atoms with Gasteiger partial charge in [0.25, 0.3) is 5.91 Å². The van der Waals surface area contributed by atoms with Gasteiger partial charge >= 0.3 is 0 Å². The maximum Gasteiger partial charge on any atom is 0.272 e. The molecule has 2 fully saturated rings. The number of aryl methyl sites for hydroxylation is 1. The van der Waals surface area contributed by atoms with Gasteiger partial charge in [0, 0.05) is 39.6 Å². The van der Waals surface area contributed by atoms with Crippen LogP contribution < -0.4 is 0 Å². The second-order valence-corrected chi connectivity index (χ2v) is 7.01. The van der Waals surface area contributed by atoms with Crippen molar-refractivity contribution in [1.82, 2.24) is 29.7 Å². The van der Waals surface area contributed by atoms with Crippen LogP contribution in [-0.4, -0.2) is 61.9 Å². The zero-order chi connectivity index (χ0) is 17.4. The lowest BCUT2D eigenvalue weighted by Gasteiger charge is -2.19. The van der Waals surface area contributed by atoms with Crippen molar-refractivity contribution >= 4 is 5.91 Å². The molecule has 0 N–H and O–H groups in total. The molecule has 2 aliphatic rings. The van der Waals surface area contributed by atoms with Gasteiger partial charge in [0.1, 0.15) is 5.69 Å². The van der Waals surface area contributed by atoms with E-state index in [4.69, 9.17) is 4.74 Å². The molecule has 1 aliphatic carbocycles. The van der Waals surface area contributed by atoms with Crippen molar-refractivity contribution in [3.63, 3.8) is 0 Å². The Kier molecular flexibility index (Phi) is 4.29. The monoisotopic (exact) mass is 344 g/mol. The highest BCUT2D eigenvalue weighted by molar-refractivity contribution is 5.93. The van der Waals surface area contributed by atoms with Crippen LogP contribution in [0, 0.1) is 0 Å². The summed E-state index contributed by atoms with van der Waals surface area (Å²) in [6.07, 6.45) is 8.19. The molecule has 1 saturated heterocycles. The van der Waals surface area contributed by atoms with Crippen LogP contribution in [-0.2, 0) is 11.8 Å². The summed E-state index contributed by atoms with van der Waals surface area (Å²) in [5.74, 6) is 0.0725. The number of hydrogen-bond acceptors (Lipinski definition) is 5. The van der Waals surface area contributed by atoms with Crippen LogP contribution in [0.1, 0.15) is 53.8 Å². The molecule has 1 saturated carbocycles. The molecular weight excluding hydrogens is 320 g/mol. The third-order valence-electron chi connectivity index (χ3n) is 5.42. The lowest BCUT2D eigenvalue weighted by atomic mass is 10.0. The average Bonchev–Trinajstić information content (AvgIpc) is 3.37. The van der Waals surface area contributed by atoms with Crippen LogP contribution in [0.15, 0.2) is 18.5 Å². The van der Waals surface area contributed by atoms with Gasteiger partial charge < -0.3 is 9.64 Å². The molecule has 3 heterocycles. The topological polar surface area (TPSA) is 78.1 Å². The maximum atomic E-state index is 13.1. The smallest absolute Gasteiger partial charge is 0.272 e. The number of ether oxygens (including phenoxy) is 1. The second kappa shape index (κ2) is 6.59. The van der Waals surface area contributed by atoms with Gasteiger partial charge in [0.05, 0.1) is 23.8 Å². The summed E-state index contributed by atoms with van der Waals surface area (Å²) in [4.78, 5) is 15.0. The first-order valence-corrected chi connectivity index (χ1v) is 8.89. The molecule has 0 spiro atoms. The zero-order valence-corrected chi connectivity index (χ0v) is 14.7. The summed E-state index contributed by atoms with van der Waals surface area (Å²) in [6.45, 7) is 1.15. The highest BCUT2D eigenvalue weighted by Gasteiger charge is 2.39. The van der Waals surface area contributed by atoms with Gasteiger partial charge in [0.15, 0.2) is 0 Å². The van der Waals surface area contributed by atoms with Gasteiger partial charge in [-0.2, -0.15) is 5.10 Å². The number of aromatic nitrogens is 5. The minimum Gasteiger partial charge on any atom is -0.379 e. The molecule has 0 unspecified atom stereocenters. The SMILES string of the molecule is CO[C@@H]1CN(C(=O)c2ccnn2C2CCCC2)C[C@H]1c1cn(C)nn1. The number of likely N-dealkylation sites (tertiary alicyclic amines) is 1. The van der Waals surface area contributed by atoms with Gasteiger partial charge in [-0.05, 0) is 18.9 Å². The average molecular weight is 344 g/mol. The fraction of sp³-hybridized carbons (Fsp3) is 0.647. The van der Waals surface area contributed by atoms with E-state index >= 15 is 0 Å². The first-order chi connectivity index (χ1) is 12.2. The third-order valence-corrected chi connectivity index (χ3v) is 5.42. The van der Waals surface area contributed by atoms with E-state index in [2.05, 4.69) is 15.4 Å². The Labute approximate surface area is 146 Å². The Hall–Kier alpha value is -2.22. The number of methoxy groups -OCH3 is 1. The first kappa shape index (κ1) is 16.3. The van der Waals surface area contributed by atoms with E-state index < -0.39 is 0 Å². The predicted molar refractivity (Wildman–Crippen MR) is 90.2 cm³/mol. The van der Waals surface area contributed by atoms with Gasteiger partial charge in [-0.1, -0.05) is 18.1 Å². The second-order valence-electron chi connectivity index (χ2n) is 7.01. The summed E-state index contributed by atoms with van der Waals surface area (Å²) in [6, 6.07) is 2.18. The molecule has 2 aromatic rings. The molecule has 1 aliphatic heterocycles. The zero-order valence-electron chi connectivity index (χ0n) is 14.7. The predicted octanol–water partition coefficient (Wildman–Crippen LogP) is 1.38. The lowest BCUT2D eigenvalue weighted by molar-refractivity contribution is 0.0701. The van der Waals surface area contributed by atoms with Crippen molar-refractivity contribution in [1.29, 1.82) is 0 Å². The van der Waals surface area contributed by atoms with E-state index in [0.717, 1.165) is 18.5 Å². The summed E-state index contributed by atoms with van der Waals surface area (Å²) in [5, 5.41) is 12.6. The van der Waals surface area contributed by atoms with Crippen LogP contribution in [0.5, 0.6) is 0 Å². The molecule has 8 heteroatoms. The fourth-order valence-corrected chi connectivity index (χ4v) is 4.08. The Balaban J connectivity index is 1.54. The Morgan fingerprint density at radius 2 is 2.08 bits per heavy atom. The molecule has 4 rings (SSSR count). The number of carbonyl (C=O) groups excluding carboxylic acids is 1. The van der Waals surface area contributed by atoms with Gasteiger partial charge in [-0.15, -0.1) is 5.10 Å². The fourth-order valence-electron chi connectivity index (χ4n) is 4.08. The summed E-state index contributed by atoms with van der Waals surface area (Å²) in [5.41, 5.74) is 1.55. The minimum absolute atomic E-state index is 0.0258. The summed E-state index contributed by atoms with van der Waals surface area (Å²) >= 11 is 0. The van der Waals surface area contributed by atoms with E-state index in [1.165, 1.54) is 12.8 Å². The van der Waals surface area contributed by atoms with Crippen LogP contribution in [0.4, 0.5) is 0 Å². The third kappa shape index (κ3) is 2.95. The van der Waals surface area contributed by atoms with Gasteiger partial charge in [0.2, 0.25) is 0 Å². The molecular formula is C17H24N6O2. The Morgan fingerprint density at radius 3 is 2.76 bits per heavy atom. The van der Waals surface area contributed by atoms with Crippen LogP contribution >= 0.6 is 0 Å². The van der Waals surface area contributed by atoms with Crippen molar-refractivity contribution in [3.05, 3.63) is 29.8 Å². The molecule has 8 nitrogen and oxygen atoms in total. The van der Waals surface area contributed by atoms with Gasteiger partial charge in [-0.25, -0.2) is 0 Å². The van der Waals surface area contributed by atoms with Crippen LogP contribution in [0.3, 0.4) is 0 Å². The van der Waals surface area contributed by atoms with E-state index in [0.29, 0.717) is 24.8 Å². The number of carbonyl (C=O) groups is 1. The Morgan fingerprint density at radius 1 is 1.28 bits per heavy atom. The number of nitrogens with zero attached hydrogens (tertiary/aromatic N) is 6. The summed E-state index contributed by atoms with van der Waals surface area (Å²) in [7, 11) is 3.53. The van der Waals surface area contributed by atoms with Crippen molar-refractivity contribution in [2.24, 2.45) is 7.05 Å². The van der Waals surface area contributed by atoms with Crippen molar-refractivity contribution < 1.29 is 9.53 Å². The van der Waals surface area contributed by atoms with E-state index in [1.807, 2.05) is 28.9 Å². The van der Waals surface area contributed by atoms with Gasteiger partial charge in [-0.3, -0.25) is 14.2 Å². The first-order valence-electron chi connectivity index (χ1n) is 8.89. The van der Waals surface area contributed by atoms with E-state index in [-0.39, 0.29) is 17.9 Å². The number of hydrogen-bond donors (Lipinski definition) is 0. The van der Waals surface area contributed by atoms with Crippen LogP contribution in [0.25, 0.3) is 0 Å². The maximum absolute atomic E-state index is 13.1. The van der Waals surface area contributed by atoms with Crippen molar-refractivity contribution in [2.45, 2.75) is 43.7 Å².